The molecule has 10 atom stereocenters. The number of carboxylic acids is 1. The molecular formula is C21H32O15. The molecule has 206 valence electrons. The lowest BCUT2D eigenvalue weighted by Crippen LogP contribution is -2.58. The molecule has 2 aliphatic rings. The summed E-state index contributed by atoms with van der Waals surface area (Å²) in [5.41, 5.74) is 0.512. The smallest absolute Gasteiger partial charge is 0.328 e. The fraction of sp³-hybridized carbons (Fsp3) is 0.571. The van der Waals surface area contributed by atoms with Gasteiger partial charge in [-0.1, -0.05) is 6.07 Å². The lowest BCUT2D eigenvalue weighted by atomic mass is 10.00. The number of aliphatic hydroxyl groups is 9. The van der Waals surface area contributed by atoms with Crippen molar-refractivity contribution >= 4 is 12.0 Å². The van der Waals surface area contributed by atoms with Gasteiger partial charge in [0.1, 0.15) is 42.7 Å². The van der Waals surface area contributed by atoms with Gasteiger partial charge in [-0.2, -0.15) is 0 Å². The van der Waals surface area contributed by atoms with Crippen molar-refractivity contribution in [2.75, 3.05) is 6.61 Å². The van der Waals surface area contributed by atoms with E-state index in [9.17, 15) is 4.79 Å². The number of benzene rings is 1. The summed E-state index contributed by atoms with van der Waals surface area (Å²) >= 11 is 0. The Balaban J connectivity index is 0.000000271. The molecule has 1 aromatic carbocycles. The molecule has 0 spiro atoms. The van der Waals surface area contributed by atoms with Crippen LogP contribution in [0.15, 0.2) is 24.3 Å². The highest BCUT2D eigenvalue weighted by Gasteiger charge is 2.42. The Morgan fingerprint density at radius 2 is 1.33 bits per heavy atom. The molecule has 0 radical (unpaired) electrons. The van der Waals surface area contributed by atoms with Crippen LogP contribution in [-0.4, -0.2) is 135 Å². The third-order valence-corrected chi connectivity index (χ3v) is 5.11. The van der Waals surface area contributed by atoms with E-state index < -0.39 is 74.0 Å². The van der Waals surface area contributed by atoms with E-state index in [-0.39, 0.29) is 11.5 Å². The number of ether oxygens (including phenoxy) is 2. The zero-order valence-electron chi connectivity index (χ0n) is 19.0. The van der Waals surface area contributed by atoms with Crippen LogP contribution in [0.1, 0.15) is 12.5 Å². The van der Waals surface area contributed by atoms with Crippen molar-refractivity contribution in [1.82, 2.24) is 0 Å². The molecule has 0 unspecified atom stereocenters. The third kappa shape index (κ3) is 8.91. The Morgan fingerprint density at radius 3 is 1.83 bits per heavy atom. The van der Waals surface area contributed by atoms with E-state index in [0.29, 0.717) is 5.56 Å². The minimum absolute atomic E-state index is 0.229. The standard InChI is InChI=1S/C9H8O4.C6H12O6.C6H12O5/c10-7-3-1-6(5-8(7)11)2-4-9(12)13;7-1-2-3(8)4(9)5(10)6(11)12-2;1-2-3(7)4(8)5(9)6(10)11-2/h1-5,10-11H,(H,12,13);2-11H,1H2;2-10H,1H3/b4-2+;;/t;2-,3-,4+,5-,6-;2-,3-,4+,5+,6+/m.10/s1. The molecule has 1 aromatic rings. The van der Waals surface area contributed by atoms with Crippen LogP contribution in [-0.2, 0) is 14.3 Å². The number of carbonyl (C=O) groups is 1. The molecule has 0 aliphatic carbocycles. The summed E-state index contributed by atoms with van der Waals surface area (Å²) < 4.78 is 9.25. The van der Waals surface area contributed by atoms with E-state index in [1.165, 1.54) is 31.2 Å². The molecule has 0 amide bonds. The van der Waals surface area contributed by atoms with Crippen LogP contribution >= 0.6 is 0 Å². The second kappa shape index (κ2) is 14.4. The highest BCUT2D eigenvalue weighted by atomic mass is 16.6. The SMILES string of the molecule is C[C@@H]1O[C@@H](O)[C@H](O)[C@H](O)[C@H]1O.O=C(O)/C=C/c1ccc(O)c(O)c1.OC[C@H]1O[C@@H](O)[C@H](O)[C@@H](O)[C@@H]1O. The predicted octanol–water partition coefficient (Wildman–Crippen LogP) is -4.22. The molecule has 36 heavy (non-hydrogen) atoms. The normalized spacial score (nSPS) is 36.3. The molecule has 2 fully saturated rings. The van der Waals surface area contributed by atoms with Gasteiger partial charge >= 0.3 is 5.97 Å². The van der Waals surface area contributed by atoms with Gasteiger partial charge in [0.25, 0.3) is 0 Å². The van der Waals surface area contributed by atoms with E-state index in [1.807, 2.05) is 0 Å². The van der Waals surface area contributed by atoms with Gasteiger partial charge in [0.15, 0.2) is 24.1 Å². The number of hydrogen-bond donors (Lipinski definition) is 12. The Hall–Kier alpha value is -2.41. The molecular weight excluding hydrogens is 492 g/mol. The number of phenols is 2. The Morgan fingerprint density at radius 1 is 0.806 bits per heavy atom. The van der Waals surface area contributed by atoms with Gasteiger partial charge in [0, 0.05) is 6.08 Å². The van der Waals surface area contributed by atoms with Gasteiger partial charge < -0.3 is 70.8 Å². The molecule has 2 aliphatic heterocycles. The Kier molecular flexibility index (Phi) is 12.6. The van der Waals surface area contributed by atoms with E-state index >= 15 is 0 Å². The number of hydrogen-bond acceptors (Lipinski definition) is 14. The van der Waals surface area contributed by atoms with Crippen LogP contribution in [0, 0.1) is 0 Å². The largest absolute Gasteiger partial charge is 0.504 e. The fourth-order valence-electron chi connectivity index (χ4n) is 2.92. The van der Waals surface area contributed by atoms with Gasteiger partial charge in [-0.25, -0.2) is 4.79 Å². The maximum absolute atomic E-state index is 10.1. The monoisotopic (exact) mass is 524 g/mol. The molecule has 15 nitrogen and oxygen atoms in total. The van der Waals surface area contributed by atoms with Crippen LogP contribution in [0.2, 0.25) is 0 Å². The van der Waals surface area contributed by atoms with Crippen LogP contribution in [0.5, 0.6) is 11.5 Å². The van der Waals surface area contributed by atoms with Gasteiger partial charge in [-0.05, 0) is 30.7 Å². The molecule has 2 saturated heterocycles. The summed E-state index contributed by atoms with van der Waals surface area (Å²) in [4.78, 5) is 10.1. The van der Waals surface area contributed by atoms with Crippen LogP contribution in [0.25, 0.3) is 6.08 Å². The molecule has 0 saturated carbocycles. The van der Waals surface area contributed by atoms with Gasteiger partial charge in [0.05, 0.1) is 12.7 Å². The second-order valence-electron chi connectivity index (χ2n) is 7.84. The van der Waals surface area contributed by atoms with Gasteiger partial charge in [-0.15, -0.1) is 0 Å². The summed E-state index contributed by atoms with van der Waals surface area (Å²) in [7, 11) is 0. The summed E-state index contributed by atoms with van der Waals surface area (Å²) in [6.45, 7) is 0.977. The van der Waals surface area contributed by atoms with Crippen molar-refractivity contribution in [2.45, 2.75) is 68.3 Å². The fourth-order valence-corrected chi connectivity index (χ4v) is 2.92. The first-order chi connectivity index (χ1) is 16.7. The maximum Gasteiger partial charge on any atom is 0.328 e. The van der Waals surface area contributed by atoms with E-state index in [4.69, 9.17) is 61.3 Å². The van der Waals surface area contributed by atoms with E-state index in [2.05, 4.69) is 9.47 Å². The van der Waals surface area contributed by atoms with Crippen molar-refractivity contribution in [2.24, 2.45) is 0 Å². The molecule has 3 rings (SSSR count). The minimum Gasteiger partial charge on any atom is -0.504 e. The number of aliphatic carboxylic acids is 1. The highest BCUT2D eigenvalue weighted by Crippen LogP contribution is 2.25. The van der Waals surface area contributed by atoms with Crippen molar-refractivity contribution in [3.8, 4) is 11.5 Å². The zero-order chi connectivity index (χ0) is 27.7. The number of aliphatic hydroxyl groups excluding tert-OH is 9. The summed E-state index contributed by atoms with van der Waals surface area (Å²) in [5.74, 6) is -1.56. The molecule has 15 heteroatoms. The van der Waals surface area contributed by atoms with Crippen molar-refractivity contribution in [3.63, 3.8) is 0 Å². The number of rotatable bonds is 3. The first-order valence-corrected chi connectivity index (χ1v) is 10.5. The van der Waals surface area contributed by atoms with Crippen molar-refractivity contribution in [3.05, 3.63) is 29.8 Å². The van der Waals surface area contributed by atoms with Crippen LogP contribution < -0.4 is 0 Å². The second-order valence-corrected chi connectivity index (χ2v) is 7.84. The lowest BCUT2D eigenvalue weighted by molar-refractivity contribution is -0.286. The summed E-state index contributed by atoms with van der Waals surface area (Å²) in [6, 6.07) is 4.06. The quantitative estimate of drug-likeness (QED) is 0.132. The first kappa shape index (κ1) is 31.6. The summed E-state index contributed by atoms with van der Waals surface area (Å²) in [5, 5.41) is 107. The molecule has 0 bridgehead atoms. The van der Waals surface area contributed by atoms with E-state index in [0.717, 1.165) is 6.08 Å². The van der Waals surface area contributed by atoms with E-state index in [1.54, 1.807) is 0 Å². The lowest BCUT2D eigenvalue weighted by Gasteiger charge is -2.37. The average molecular weight is 524 g/mol. The summed E-state index contributed by atoms with van der Waals surface area (Å²) in [6.07, 6.45) is -10.8. The topological polar surface area (TPSA) is 278 Å². The zero-order valence-corrected chi connectivity index (χ0v) is 19.0. The molecule has 12 N–H and O–H groups in total. The van der Waals surface area contributed by atoms with Gasteiger partial charge in [-0.3, -0.25) is 0 Å². The third-order valence-electron chi connectivity index (χ3n) is 5.11. The Labute approximate surface area is 204 Å². The minimum atomic E-state index is -1.57. The number of carboxylic acid groups (broad SMARTS) is 1. The number of phenolic OH excluding ortho intramolecular Hbond substituents is 2. The Bertz CT molecular complexity index is 830. The molecule has 2 heterocycles. The maximum atomic E-state index is 10.1. The van der Waals surface area contributed by atoms with Crippen LogP contribution in [0.3, 0.4) is 0 Å². The average Bonchev–Trinajstić information content (AvgIpc) is 2.84. The molecule has 0 aromatic heterocycles. The van der Waals surface area contributed by atoms with Gasteiger partial charge in [0.2, 0.25) is 0 Å². The predicted molar refractivity (Wildman–Crippen MR) is 117 cm³/mol. The number of aromatic hydroxyl groups is 2. The highest BCUT2D eigenvalue weighted by molar-refractivity contribution is 5.85. The first-order valence-electron chi connectivity index (χ1n) is 10.5. The van der Waals surface area contributed by atoms with Crippen molar-refractivity contribution < 1.29 is 75.5 Å². The van der Waals surface area contributed by atoms with Crippen LogP contribution in [0.4, 0.5) is 0 Å². The van der Waals surface area contributed by atoms with Crippen molar-refractivity contribution in [1.29, 1.82) is 0 Å².